The zero-order valence-corrected chi connectivity index (χ0v) is 9.79. The molecule has 1 saturated carbocycles. The average Bonchev–Trinajstić information content (AvgIpc) is 3.02. The summed E-state index contributed by atoms with van der Waals surface area (Å²) in [5, 5.41) is 9.09. The normalized spacial score (nSPS) is 31.6. The van der Waals surface area contributed by atoms with Gasteiger partial charge in [0.25, 0.3) is 0 Å². The number of nitrogens with zero attached hydrogens (tertiary/aromatic N) is 1. The second-order valence-corrected chi connectivity index (χ2v) is 5.52. The van der Waals surface area contributed by atoms with Gasteiger partial charge in [-0.15, -0.1) is 0 Å². The van der Waals surface area contributed by atoms with Gasteiger partial charge in [-0.3, -0.25) is 0 Å². The molecule has 0 spiro atoms. The van der Waals surface area contributed by atoms with Gasteiger partial charge < -0.3 is 0 Å². The first-order valence-corrected chi connectivity index (χ1v) is 6.26. The van der Waals surface area contributed by atoms with Gasteiger partial charge in [-0.2, -0.15) is 5.26 Å². The quantitative estimate of drug-likeness (QED) is 0.696. The zero-order valence-electron chi connectivity index (χ0n) is 9.79. The second kappa shape index (κ2) is 3.35. The smallest absolute Gasteiger partial charge is 0.0693 e. The van der Waals surface area contributed by atoms with Crippen LogP contribution in [0.1, 0.15) is 48.8 Å². The molecular weight excluding hydrogens is 194 g/mol. The van der Waals surface area contributed by atoms with Crippen molar-refractivity contribution in [2.75, 3.05) is 0 Å². The minimum atomic E-state index is -0.0805. The standard InChI is InChI=1S/C15H17N/c1-15(10-16)9-14(15)13-7-6-11-4-2-3-5-12(11)8-13/h6-8,14H,2-5,9H2,1H3. The Bertz CT molecular complexity index is 469. The predicted molar refractivity (Wildman–Crippen MR) is 64.2 cm³/mol. The van der Waals surface area contributed by atoms with Crippen molar-refractivity contribution in [3.05, 3.63) is 34.9 Å². The van der Waals surface area contributed by atoms with Crippen LogP contribution in [0.3, 0.4) is 0 Å². The molecule has 0 radical (unpaired) electrons. The SMILES string of the molecule is CC1(C#N)CC1c1ccc2c(c1)CCCC2. The van der Waals surface area contributed by atoms with E-state index in [0.29, 0.717) is 5.92 Å². The highest BCUT2D eigenvalue weighted by Gasteiger charge is 2.51. The van der Waals surface area contributed by atoms with E-state index < -0.39 is 0 Å². The van der Waals surface area contributed by atoms with Crippen LogP contribution >= 0.6 is 0 Å². The van der Waals surface area contributed by atoms with Crippen molar-refractivity contribution < 1.29 is 0 Å². The summed E-state index contributed by atoms with van der Waals surface area (Å²) >= 11 is 0. The van der Waals surface area contributed by atoms with Crippen LogP contribution in [0.5, 0.6) is 0 Å². The van der Waals surface area contributed by atoms with E-state index >= 15 is 0 Å². The molecule has 0 saturated heterocycles. The fourth-order valence-corrected chi connectivity index (χ4v) is 2.94. The van der Waals surface area contributed by atoms with Gasteiger partial charge >= 0.3 is 0 Å². The number of aryl methyl sites for hydroxylation is 2. The Kier molecular flexibility index (Phi) is 2.07. The summed E-state index contributed by atoms with van der Waals surface area (Å²) in [6.45, 7) is 2.08. The molecule has 1 aromatic carbocycles. The van der Waals surface area contributed by atoms with E-state index in [1.165, 1.54) is 42.4 Å². The summed E-state index contributed by atoms with van der Waals surface area (Å²) in [5.41, 5.74) is 4.39. The minimum Gasteiger partial charge on any atom is -0.198 e. The second-order valence-electron chi connectivity index (χ2n) is 5.52. The Morgan fingerprint density at radius 3 is 2.69 bits per heavy atom. The van der Waals surface area contributed by atoms with Crippen LogP contribution in [0.25, 0.3) is 0 Å². The first kappa shape index (κ1) is 9.90. The number of fused-ring (bicyclic) bond motifs is 1. The molecule has 1 aromatic rings. The molecule has 2 unspecified atom stereocenters. The number of hydrogen-bond acceptors (Lipinski definition) is 1. The summed E-state index contributed by atoms with van der Waals surface area (Å²) in [4.78, 5) is 0. The van der Waals surface area contributed by atoms with Gasteiger partial charge in [0.2, 0.25) is 0 Å². The molecule has 0 aliphatic heterocycles. The maximum absolute atomic E-state index is 9.09. The molecule has 0 N–H and O–H groups in total. The van der Waals surface area contributed by atoms with Crippen LogP contribution in [0.2, 0.25) is 0 Å². The summed E-state index contributed by atoms with van der Waals surface area (Å²) in [6, 6.07) is 9.35. The molecule has 0 aromatic heterocycles. The van der Waals surface area contributed by atoms with E-state index in [1.54, 1.807) is 0 Å². The highest BCUT2D eigenvalue weighted by molar-refractivity contribution is 5.40. The van der Waals surface area contributed by atoms with Crippen molar-refractivity contribution in [2.45, 2.75) is 44.9 Å². The van der Waals surface area contributed by atoms with Gasteiger partial charge in [0.05, 0.1) is 11.5 Å². The third-order valence-electron chi connectivity index (χ3n) is 4.27. The lowest BCUT2D eigenvalue weighted by molar-refractivity contribution is 0.681. The Hall–Kier alpha value is -1.29. The van der Waals surface area contributed by atoms with Gasteiger partial charge in [0.1, 0.15) is 0 Å². The van der Waals surface area contributed by atoms with Gasteiger partial charge in [0.15, 0.2) is 0 Å². The third-order valence-corrected chi connectivity index (χ3v) is 4.27. The molecular formula is C15H17N. The monoisotopic (exact) mass is 211 g/mol. The summed E-state index contributed by atoms with van der Waals surface area (Å²) in [5.74, 6) is 0.490. The molecule has 16 heavy (non-hydrogen) atoms. The van der Waals surface area contributed by atoms with Gasteiger partial charge in [-0.05, 0) is 55.7 Å². The largest absolute Gasteiger partial charge is 0.198 e. The fourth-order valence-electron chi connectivity index (χ4n) is 2.94. The van der Waals surface area contributed by atoms with Crippen LogP contribution in [0.4, 0.5) is 0 Å². The average molecular weight is 211 g/mol. The Morgan fingerprint density at radius 1 is 1.25 bits per heavy atom. The first-order valence-electron chi connectivity index (χ1n) is 6.26. The van der Waals surface area contributed by atoms with Crippen LogP contribution in [0.15, 0.2) is 18.2 Å². The number of rotatable bonds is 1. The van der Waals surface area contributed by atoms with E-state index in [1.807, 2.05) is 0 Å². The van der Waals surface area contributed by atoms with E-state index in [0.717, 1.165) is 6.42 Å². The molecule has 1 heteroatoms. The summed E-state index contributed by atoms with van der Waals surface area (Å²) in [6.07, 6.45) is 6.19. The maximum atomic E-state index is 9.09. The molecule has 1 fully saturated rings. The highest BCUT2D eigenvalue weighted by Crippen LogP contribution is 2.58. The van der Waals surface area contributed by atoms with Crippen LogP contribution in [0, 0.1) is 16.7 Å². The summed E-state index contributed by atoms with van der Waals surface area (Å²) in [7, 11) is 0. The lowest BCUT2D eigenvalue weighted by Gasteiger charge is -2.16. The maximum Gasteiger partial charge on any atom is 0.0693 e. The van der Waals surface area contributed by atoms with Crippen molar-refractivity contribution in [2.24, 2.45) is 5.41 Å². The highest BCUT2D eigenvalue weighted by atomic mass is 14.5. The van der Waals surface area contributed by atoms with Gasteiger partial charge in [-0.1, -0.05) is 18.2 Å². The van der Waals surface area contributed by atoms with Gasteiger partial charge in [-0.25, -0.2) is 0 Å². The lowest BCUT2D eigenvalue weighted by Crippen LogP contribution is -2.03. The number of benzene rings is 1. The number of nitriles is 1. The molecule has 3 rings (SSSR count). The topological polar surface area (TPSA) is 23.8 Å². The van der Waals surface area contributed by atoms with E-state index in [4.69, 9.17) is 5.26 Å². The predicted octanol–water partition coefficient (Wildman–Crippen LogP) is 3.58. The summed E-state index contributed by atoms with van der Waals surface area (Å²) < 4.78 is 0. The lowest BCUT2D eigenvalue weighted by atomic mass is 9.89. The van der Waals surface area contributed by atoms with E-state index in [-0.39, 0.29) is 5.41 Å². The van der Waals surface area contributed by atoms with Crippen molar-refractivity contribution in [3.8, 4) is 6.07 Å². The van der Waals surface area contributed by atoms with Crippen LogP contribution < -0.4 is 0 Å². The fraction of sp³-hybridized carbons (Fsp3) is 0.533. The van der Waals surface area contributed by atoms with Crippen molar-refractivity contribution in [1.29, 1.82) is 5.26 Å². The third kappa shape index (κ3) is 1.45. The van der Waals surface area contributed by atoms with Gasteiger partial charge in [0, 0.05) is 5.92 Å². The van der Waals surface area contributed by atoms with Crippen LogP contribution in [-0.2, 0) is 12.8 Å². The van der Waals surface area contributed by atoms with Crippen LogP contribution in [-0.4, -0.2) is 0 Å². The molecule has 2 aliphatic carbocycles. The Morgan fingerprint density at radius 2 is 2.00 bits per heavy atom. The number of hydrogen-bond donors (Lipinski definition) is 0. The molecule has 0 heterocycles. The van der Waals surface area contributed by atoms with Crippen molar-refractivity contribution >= 4 is 0 Å². The van der Waals surface area contributed by atoms with Crippen molar-refractivity contribution in [1.82, 2.24) is 0 Å². The van der Waals surface area contributed by atoms with Crippen molar-refractivity contribution in [3.63, 3.8) is 0 Å². The molecule has 1 nitrogen and oxygen atoms in total. The molecule has 0 bridgehead atoms. The molecule has 82 valence electrons. The molecule has 2 atom stereocenters. The molecule has 0 amide bonds. The first-order chi connectivity index (χ1) is 7.73. The molecule has 2 aliphatic rings. The Labute approximate surface area is 97.1 Å². The van der Waals surface area contributed by atoms with E-state index in [2.05, 4.69) is 31.2 Å². The minimum absolute atomic E-state index is 0.0805. The zero-order chi connectivity index (χ0) is 11.2. The Balaban J connectivity index is 1.91. The van der Waals surface area contributed by atoms with E-state index in [9.17, 15) is 0 Å².